The lowest BCUT2D eigenvalue weighted by Gasteiger charge is -2.41. The average molecular weight is 468 g/mol. The minimum atomic E-state index is -4.74. The van der Waals surface area contributed by atoms with Crippen LogP contribution in [0.1, 0.15) is 31.3 Å². The molecule has 0 saturated carbocycles. The highest BCUT2D eigenvalue weighted by Crippen LogP contribution is 2.49. The number of rotatable bonds is 8. The summed E-state index contributed by atoms with van der Waals surface area (Å²) in [4.78, 5) is 8.24. The van der Waals surface area contributed by atoms with Gasteiger partial charge in [0.2, 0.25) is 0 Å². The molecule has 2 aromatic carbocycles. The molecule has 0 fully saturated rings. The SMILES string of the molecule is CCNCC(C)(C(Nc1cc(F)cc2nc(C)ncc12)c1ccc(OC)cc1F)C(F)(F)F. The smallest absolute Gasteiger partial charge is 0.397 e. The number of halogens is 5. The molecule has 0 spiro atoms. The standard InChI is InChI=1S/C23H25F5N4O/c1-5-29-12-22(3,23(26,27)28)21(16-7-6-15(33-4)10-18(16)25)32-20-9-14(24)8-19-17(20)11-30-13(2)31-19/h6-11,21,29,32H,5,12H2,1-4H3. The molecule has 2 atom stereocenters. The average Bonchev–Trinajstić information content (AvgIpc) is 2.74. The second kappa shape index (κ2) is 9.46. The Bertz CT molecular complexity index is 1130. The summed E-state index contributed by atoms with van der Waals surface area (Å²) in [6, 6.07) is 4.24. The lowest BCUT2D eigenvalue weighted by molar-refractivity contribution is -0.222. The number of benzene rings is 2. The van der Waals surface area contributed by atoms with Gasteiger partial charge < -0.3 is 15.4 Å². The third kappa shape index (κ3) is 5.00. The number of anilines is 1. The van der Waals surface area contributed by atoms with Crippen LogP contribution in [0.4, 0.5) is 27.6 Å². The van der Waals surface area contributed by atoms with Gasteiger partial charge in [-0.15, -0.1) is 0 Å². The van der Waals surface area contributed by atoms with Gasteiger partial charge in [-0.05, 0) is 32.5 Å². The zero-order valence-electron chi connectivity index (χ0n) is 18.6. The van der Waals surface area contributed by atoms with E-state index >= 15 is 4.39 Å². The summed E-state index contributed by atoms with van der Waals surface area (Å²) in [5.41, 5.74) is -2.46. The molecule has 2 N–H and O–H groups in total. The number of alkyl halides is 3. The molecule has 5 nitrogen and oxygen atoms in total. The fourth-order valence-electron chi connectivity index (χ4n) is 3.67. The van der Waals surface area contributed by atoms with E-state index in [1.54, 1.807) is 13.8 Å². The summed E-state index contributed by atoms with van der Waals surface area (Å²) in [5.74, 6) is -1.04. The van der Waals surface area contributed by atoms with Crippen LogP contribution < -0.4 is 15.4 Å². The number of hydrogen-bond donors (Lipinski definition) is 2. The van der Waals surface area contributed by atoms with Crippen LogP contribution in [0, 0.1) is 24.0 Å². The third-order valence-electron chi connectivity index (χ3n) is 5.63. The second-order valence-electron chi connectivity index (χ2n) is 7.96. The van der Waals surface area contributed by atoms with E-state index in [0.717, 1.165) is 19.1 Å². The topological polar surface area (TPSA) is 59.1 Å². The van der Waals surface area contributed by atoms with Crippen molar-refractivity contribution in [3.63, 3.8) is 0 Å². The van der Waals surface area contributed by atoms with Gasteiger partial charge in [-0.3, -0.25) is 0 Å². The van der Waals surface area contributed by atoms with Gasteiger partial charge in [-0.1, -0.05) is 13.0 Å². The Balaban J connectivity index is 2.23. The maximum atomic E-state index is 15.1. The van der Waals surface area contributed by atoms with Crippen LogP contribution in [0.3, 0.4) is 0 Å². The maximum absolute atomic E-state index is 15.1. The van der Waals surface area contributed by atoms with E-state index in [4.69, 9.17) is 4.74 Å². The molecule has 1 aromatic heterocycles. The lowest BCUT2D eigenvalue weighted by Crippen LogP contribution is -2.50. The Labute approximate surface area is 188 Å². The quantitative estimate of drug-likeness (QED) is 0.424. The monoisotopic (exact) mass is 468 g/mol. The van der Waals surface area contributed by atoms with E-state index < -0.39 is 35.8 Å². The van der Waals surface area contributed by atoms with Crippen LogP contribution >= 0.6 is 0 Å². The molecule has 1 heterocycles. The number of ether oxygens (including phenoxy) is 1. The van der Waals surface area contributed by atoms with Gasteiger partial charge in [0.25, 0.3) is 0 Å². The summed E-state index contributed by atoms with van der Waals surface area (Å²) in [7, 11) is 1.33. The third-order valence-corrected chi connectivity index (χ3v) is 5.63. The Morgan fingerprint density at radius 2 is 1.85 bits per heavy atom. The fourth-order valence-corrected chi connectivity index (χ4v) is 3.67. The molecule has 0 aliphatic carbocycles. The molecular weight excluding hydrogens is 443 g/mol. The molecule has 10 heteroatoms. The van der Waals surface area contributed by atoms with Crippen molar-refractivity contribution in [2.75, 3.05) is 25.5 Å². The molecule has 0 aliphatic heterocycles. The largest absolute Gasteiger partial charge is 0.497 e. The predicted molar refractivity (Wildman–Crippen MR) is 116 cm³/mol. The Kier molecular flexibility index (Phi) is 7.06. The molecule has 0 aliphatic rings. The number of nitrogens with zero attached hydrogens (tertiary/aromatic N) is 2. The first-order chi connectivity index (χ1) is 15.5. The van der Waals surface area contributed by atoms with Crippen molar-refractivity contribution in [1.29, 1.82) is 0 Å². The van der Waals surface area contributed by atoms with Crippen LogP contribution in [0.2, 0.25) is 0 Å². The lowest BCUT2D eigenvalue weighted by atomic mass is 9.77. The van der Waals surface area contributed by atoms with Crippen molar-refractivity contribution in [2.45, 2.75) is 33.0 Å². The minimum Gasteiger partial charge on any atom is -0.497 e. The number of methoxy groups -OCH3 is 1. The molecule has 3 aromatic rings. The first-order valence-corrected chi connectivity index (χ1v) is 10.3. The van der Waals surface area contributed by atoms with Gasteiger partial charge in [0.1, 0.15) is 23.2 Å². The number of nitrogens with one attached hydrogen (secondary N) is 2. The normalized spacial score (nSPS) is 14.7. The van der Waals surface area contributed by atoms with E-state index in [-0.39, 0.29) is 29.1 Å². The summed E-state index contributed by atoms with van der Waals surface area (Å²) >= 11 is 0. The van der Waals surface area contributed by atoms with E-state index in [1.165, 1.54) is 31.5 Å². The molecule has 33 heavy (non-hydrogen) atoms. The molecule has 0 radical (unpaired) electrons. The highest BCUT2D eigenvalue weighted by molar-refractivity contribution is 5.91. The first kappa shape index (κ1) is 24.6. The number of fused-ring (bicyclic) bond motifs is 1. The van der Waals surface area contributed by atoms with E-state index in [1.807, 2.05) is 0 Å². The summed E-state index contributed by atoms with van der Waals surface area (Å²) in [6.45, 7) is 4.06. The van der Waals surface area contributed by atoms with Crippen molar-refractivity contribution in [3.8, 4) is 5.75 Å². The first-order valence-electron chi connectivity index (χ1n) is 10.3. The summed E-state index contributed by atoms with van der Waals surface area (Å²) in [6.07, 6.45) is -3.34. The maximum Gasteiger partial charge on any atom is 0.397 e. The zero-order chi connectivity index (χ0) is 24.4. The van der Waals surface area contributed by atoms with Crippen LogP contribution in [0.15, 0.2) is 36.5 Å². The van der Waals surface area contributed by atoms with Gasteiger partial charge >= 0.3 is 6.18 Å². The molecule has 3 rings (SSSR count). The number of aryl methyl sites for hydroxylation is 1. The Morgan fingerprint density at radius 1 is 1.12 bits per heavy atom. The molecular formula is C23H25F5N4O. The van der Waals surface area contributed by atoms with Gasteiger partial charge in [-0.2, -0.15) is 13.2 Å². The van der Waals surface area contributed by atoms with Gasteiger partial charge in [0, 0.05) is 41.5 Å². The van der Waals surface area contributed by atoms with Crippen LogP contribution in [0.25, 0.3) is 10.9 Å². The summed E-state index contributed by atoms with van der Waals surface area (Å²) in [5, 5.41) is 5.81. The summed E-state index contributed by atoms with van der Waals surface area (Å²) < 4.78 is 77.8. The van der Waals surface area contributed by atoms with E-state index in [2.05, 4.69) is 20.6 Å². The highest BCUT2D eigenvalue weighted by Gasteiger charge is 2.56. The zero-order valence-corrected chi connectivity index (χ0v) is 18.6. The van der Waals surface area contributed by atoms with Crippen LogP contribution in [-0.2, 0) is 0 Å². The minimum absolute atomic E-state index is 0.0252. The fraction of sp³-hybridized carbons (Fsp3) is 0.391. The van der Waals surface area contributed by atoms with Crippen LogP contribution in [-0.4, -0.2) is 36.3 Å². The van der Waals surface area contributed by atoms with Crippen molar-refractivity contribution >= 4 is 16.6 Å². The number of aromatic nitrogens is 2. The molecule has 0 bridgehead atoms. The van der Waals surface area contributed by atoms with E-state index in [9.17, 15) is 17.6 Å². The highest BCUT2D eigenvalue weighted by atomic mass is 19.4. The Morgan fingerprint density at radius 3 is 2.45 bits per heavy atom. The predicted octanol–water partition coefficient (Wildman–Crippen LogP) is 5.56. The van der Waals surface area contributed by atoms with Crippen molar-refractivity contribution in [2.24, 2.45) is 5.41 Å². The van der Waals surface area contributed by atoms with Crippen LogP contribution in [0.5, 0.6) is 5.75 Å². The molecule has 178 valence electrons. The second-order valence-corrected chi connectivity index (χ2v) is 7.96. The van der Waals surface area contributed by atoms with Crippen molar-refractivity contribution < 1.29 is 26.7 Å². The van der Waals surface area contributed by atoms with E-state index in [0.29, 0.717) is 11.2 Å². The number of hydrogen-bond acceptors (Lipinski definition) is 5. The van der Waals surface area contributed by atoms with Gasteiger partial charge in [0.05, 0.1) is 24.1 Å². The molecule has 0 saturated heterocycles. The van der Waals surface area contributed by atoms with Gasteiger partial charge in [0.15, 0.2) is 0 Å². The van der Waals surface area contributed by atoms with Crippen molar-refractivity contribution in [3.05, 3.63) is 59.6 Å². The molecule has 0 amide bonds. The molecule has 2 unspecified atom stereocenters. The van der Waals surface area contributed by atoms with Crippen molar-refractivity contribution in [1.82, 2.24) is 15.3 Å². The Hall–Kier alpha value is -3.01. The van der Waals surface area contributed by atoms with Gasteiger partial charge in [-0.25, -0.2) is 18.7 Å².